The van der Waals surface area contributed by atoms with E-state index in [0.29, 0.717) is 22.9 Å². The van der Waals surface area contributed by atoms with Crippen molar-refractivity contribution in [1.82, 2.24) is 19.5 Å². The smallest absolute Gasteiger partial charge is 0.416 e. The summed E-state index contributed by atoms with van der Waals surface area (Å²) in [5, 5.41) is 0. The van der Waals surface area contributed by atoms with Gasteiger partial charge in [-0.05, 0) is 42.3 Å². The van der Waals surface area contributed by atoms with Gasteiger partial charge in [0, 0.05) is 37.3 Å². The van der Waals surface area contributed by atoms with Crippen molar-refractivity contribution in [3.8, 4) is 17.4 Å². The molecule has 0 N–H and O–H groups in total. The fourth-order valence-corrected chi connectivity index (χ4v) is 3.35. The topological polar surface area (TPSA) is 74.4 Å². The molecule has 0 spiro atoms. The molecule has 0 aliphatic rings. The van der Waals surface area contributed by atoms with E-state index >= 15 is 0 Å². The van der Waals surface area contributed by atoms with Gasteiger partial charge in [0.25, 0.3) is 0 Å². The molecule has 7 nitrogen and oxygen atoms in total. The van der Waals surface area contributed by atoms with Crippen LogP contribution in [0.15, 0.2) is 85.0 Å². The van der Waals surface area contributed by atoms with Crippen molar-refractivity contribution >= 4 is 5.70 Å². The van der Waals surface area contributed by atoms with Gasteiger partial charge in [-0.3, -0.25) is 9.56 Å². The Bertz CT molecular complexity index is 1430. The quantitative estimate of drug-likeness (QED) is 0.344. The maximum absolute atomic E-state index is 13.1. The predicted molar refractivity (Wildman–Crippen MR) is 127 cm³/mol. The molecule has 0 fully saturated rings. The summed E-state index contributed by atoms with van der Waals surface area (Å²) in [5.41, 5.74) is 1.97. The van der Waals surface area contributed by atoms with E-state index in [1.165, 1.54) is 25.4 Å². The molecule has 0 amide bonds. The fourth-order valence-electron chi connectivity index (χ4n) is 3.35. The number of ether oxygens (including phenoxy) is 2. The van der Waals surface area contributed by atoms with Crippen LogP contribution in [0.2, 0.25) is 0 Å². The van der Waals surface area contributed by atoms with E-state index in [2.05, 4.69) is 26.5 Å². The van der Waals surface area contributed by atoms with Crippen LogP contribution in [0, 0.1) is 6.92 Å². The first-order valence-electron chi connectivity index (χ1n) is 10.8. The summed E-state index contributed by atoms with van der Waals surface area (Å²) in [6, 6.07) is 12.4. The van der Waals surface area contributed by atoms with Crippen LogP contribution in [0.5, 0.6) is 17.4 Å². The standard InChI is InChI=1S/C26H22F3N5O2/c1-17-4-7-22(12-23(17)26(27,28)29)36-21-8-5-19(6-9-21)15-35-24-10-11-34(25(30-3)33-24)18(2)20-13-31-16-32-14-20/h4-14,16H,2,15H2,1,3H3. The lowest BCUT2D eigenvalue weighted by molar-refractivity contribution is -0.138. The van der Waals surface area contributed by atoms with Gasteiger partial charge in [0.2, 0.25) is 11.5 Å². The number of rotatable bonds is 7. The molecule has 4 rings (SSSR count). The van der Waals surface area contributed by atoms with E-state index in [1.54, 1.807) is 60.5 Å². The van der Waals surface area contributed by atoms with Crippen molar-refractivity contribution < 1.29 is 22.6 Å². The van der Waals surface area contributed by atoms with Crippen molar-refractivity contribution in [3.05, 3.63) is 108 Å². The van der Waals surface area contributed by atoms with Crippen LogP contribution in [-0.2, 0) is 12.8 Å². The zero-order chi connectivity index (χ0) is 25.7. The van der Waals surface area contributed by atoms with E-state index in [4.69, 9.17) is 9.47 Å². The average Bonchev–Trinajstić information content (AvgIpc) is 2.88. The number of hydrogen-bond donors (Lipinski definition) is 0. The molecule has 0 radical (unpaired) electrons. The molecule has 4 aromatic rings. The molecule has 0 saturated heterocycles. The summed E-state index contributed by atoms with van der Waals surface area (Å²) < 4.78 is 52.5. The number of alkyl halides is 3. The molecule has 184 valence electrons. The lowest BCUT2D eigenvalue weighted by atomic mass is 10.1. The minimum absolute atomic E-state index is 0.109. The van der Waals surface area contributed by atoms with Crippen molar-refractivity contribution in [1.29, 1.82) is 0 Å². The monoisotopic (exact) mass is 493 g/mol. The molecule has 2 heterocycles. The molecule has 0 atom stereocenters. The zero-order valence-electron chi connectivity index (χ0n) is 19.5. The Morgan fingerprint density at radius 2 is 1.72 bits per heavy atom. The molecule has 0 unspecified atom stereocenters. The first-order chi connectivity index (χ1) is 17.2. The number of hydrogen-bond acceptors (Lipinski definition) is 6. The molecule has 10 heteroatoms. The number of nitrogens with zero attached hydrogens (tertiary/aromatic N) is 5. The fraction of sp³-hybridized carbons (Fsp3) is 0.154. The summed E-state index contributed by atoms with van der Waals surface area (Å²) in [6.07, 6.45) is 2.03. The summed E-state index contributed by atoms with van der Waals surface area (Å²) >= 11 is 0. The van der Waals surface area contributed by atoms with Crippen molar-refractivity contribution in [2.75, 3.05) is 7.05 Å². The number of aryl methyl sites for hydroxylation is 1. The van der Waals surface area contributed by atoms with Crippen LogP contribution < -0.4 is 15.1 Å². The Kier molecular flexibility index (Phi) is 7.14. The van der Waals surface area contributed by atoms with Gasteiger partial charge >= 0.3 is 6.18 Å². The molecule has 2 aromatic heterocycles. The molecule has 0 saturated carbocycles. The first kappa shape index (κ1) is 24.6. The van der Waals surface area contributed by atoms with E-state index < -0.39 is 11.7 Å². The summed E-state index contributed by atoms with van der Waals surface area (Å²) in [7, 11) is 1.61. The van der Waals surface area contributed by atoms with Gasteiger partial charge in [-0.25, -0.2) is 9.97 Å². The van der Waals surface area contributed by atoms with Gasteiger partial charge in [0.05, 0.1) is 11.3 Å². The van der Waals surface area contributed by atoms with Gasteiger partial charge in [-0.15, -0.1) is 0 Å². The van der Waals surface area contributed by atoms with Gasteiger partial charge in [-0.1, -0.05) is 24.8 Å². The maximum atomic E-state index is 13.1. The Morgan fingerprint density at radius 3 is 2.39 bits per heavy atom. The van der Waals surface area contributed by atoms with Gasteiger partial charge in [-0.2, -0.15) is 18.2 Å². The highest BCUT2D eigenvalue weighted by atomic mass is 19.4. The van der Waals surface area contributed by atoms with E-state index in [1.807, 2.05) is 0 Å². The normalized spacial score (nSPS) is 11.9. The molecule has 2 aromatic carbocycles. The highest BCUT2D eigenvalue weighted by molar-refractivity contribution is 5.61. The number of aromatic nitrogens is 4. The Morgan fingerprint density at radius 1 is 1.03 bits per heavy atom. The molecule has 0 bridgehead atoms. The van der Waals surface area contributed by atoms with Gasteiger partial charge in [0.15, 0.2) is 0 Å². The van der Waals surface area contributed by atoms with E-state index in [-0.39, 0.29) is 17.9 Å². The predicted octanol–water partition coefficient (Wildman–Crippen LogP) is 5.42. The molecule has 36 heavy (non-hydrogen) atoms. The van der Waals surface area contributed by atoms with Crippen molar-refractivity contribution in [2.45, 2.75) is 19.7 Å². The third kappa shape index (κ3) is 5.77. The zero-order valence-corrected chi connectivity index (χ0v) is 19.5. The largest absolute Gasteiger partial charge is 0.473 e. The first-order valence-corrected chi connectivity index (χ1v) is 10.8. The maximum Gasteiger partial charge on any atom is 0.416 e. The second-order valence-electron chi connectivity index (χ2n) is 7.74. The van der Waals surface area contributed by atoms with Crippen LogP contribution in [-0.4, -0.2) is 26.6 Å². The molecular weight excluding hydrogens is 471 g/mol. The third-order valence-electron chi connectivity index (χ3n) is 5.24. The Balaban J connectivity index is 1.42. The lowest BCUT2D eigenvalue weighted by Crippen LogP contribution is -2.24. The molecular formula is C26H22F3N5O2. The van der Waals surface area contributed by atoms with E-state index in [9.17, 15) is 13.2 Å². The molecule has 0 aliphatic heterocycles. The van der Waals surface area contributed by atoms with E-state index in [0.717, 1.165) is 17.2 Å². The van der Waals surface area contributed by atoms with Crippen LogP contribution >= 0.6 is 0 Å². The van der Waals surface area contributed by atoms with Crippen LogP contribution in [0.1, 0.15) is 22.3 Å². The lowest BCUT2D eigenvalue weighted by Gasteiger charge is -2.13. The van der Waals surface area contributed by atoms with Crippen LogP contribution in [0.4, 0.5) is 13.2 Å². The molecule has 0 aliphatic carbocycles. The summed E-state index contributed by atoms with van der Waals surface area (Å²) in [4.78, 5) is 16.6. The highest BCUT2D eigenvalue weighted by Crippen LogP contribution is 2.35. The van der Waals surface area contributed by atoms with Crippen molar-refractivity contribution in [3.63, 3.8) is 0 Å². The summed E-state index contributed by atoms with van der Waals surface area (Å²) in [6.45, 7) is 5.69. The number of benzene rings is 2. The minimum Gasteiger partial charge on any atom is -0.473 e. The second kappa shape index (κ2) is 10.4. The Hall–Kier alpha value is -4.47. The average molecular weight is 493 g/mol. The van der Waals surface area contributed by atoms with Crippen LogP contribution in [0.25, 0.3) is 5.70 Å². The second-order valence-corrected chi connectivity index (χ2v) is 7.74. The van der Waals surface area contributed by atoms with Crippen molar-refractivity contribution in [2.24, 2.45) is 4.99 Å². The minimum atomic E-state index is -4.44. The summed E-state index contributed by atoms with van der Waals surface area (Å²) in [5.74, 6) is 0.881. The third-order valence-corrected chi connectivity index (χ3v) is 5.24. The van der Waals surface area contributed by atoms with Gasteiger partial charge < -0.3 is 9.47 Å². The highest BCUT2D eigenvalue weighted by Gasteiger charge is 2.32. The van der Waals surface area contributed by atoms with Gasteiger partial charge in [0.1, 0.15) is 24.4 Å². The number of halogens is 3. The SMILES string of the molecule is C=C(c1cncnc1)n1ccc(OCc2ccc(Oc3ccc(C)c(C(F)(F)F)c3)cc2)nc1=NC. The van der Waals surface area contributed by atoms with Crippen LogP contribution in [0.3, 0.4) is 0 Å². The Labute approximate surface area is 205 Å².